The molecule has 0 amide bonds. The monoisotopic (exact) mass is 148 g/mol. The van der Waals surface area contributed by atoms with Crippen LogP contribution in [0, 0.1) is 11.8 Å². The van der Waals surface area contributed by atoms with E-state index in [0.29, 0.717) is 5.92 Å². The van der Waals surface area contributed by atoms with E-state index in [4.69, 9.17) is 0 Å². The molecule has 0 heterocycles. The van der Waals surface area contributed by atoms with Crippen molar-refractivity contribution in [2.75, 3.05) is 0 Å². The van der Waals surface area contributed by atoms with Gasteiger partial charge in [-0.3, -0.25) is 0 Å². The summed E-state index contributed by atoms with van der Waals surface area (Å²) in [5.74, 6) is 1.44. The van der Waals surface area contributed by atoms with Crippen molar-refractivity contribution in [1.29, 1.82) is 0 Å². The molecule has 1 aliphatic rings. The smallest absolute Gasteiger partial charge is 0.0167 e. The van der Waals surface area contributed by atoms with Crippen LogP contribution in [0.15, 0.2) is 37.5 Å². The van der Waals surface area contributed by atoms with Gasteiger partial charge in [-0.1, -0.05) is 37.3 Å². The Balaban J connectivity index is 2.49. The van der Waals surface area contributed by atoms with Gasteiger partial charge < -0.3 is 0 Å². The summed E-state index contributed by atoms with van der Waals surface area (Å²) in [6, 6.07) is 0. The maximum absolute atomic E-state index is 3.84. The highest BCUT2D eigenvalue weighted by atomic mass is 14.3. The van der Waals surface area contributed by atoms with Gasteiger partial charge in [0.05, 0.1) is 0 Å². The summed E-state index contributed by atoms with van der Waals surface area (Å²) >= 11 is 0. The Morgan fingerprint density at radius 2 is 1.82 bits per heavy atom. The Hall–Kier alpha value is -0.780. The highest BCUT2D eigenvalue weighted by Gasteiger charge is 2.21. The van der Waals surface area contributed by atoms with Gasteiger partial charge in [-0.05, 0) is 24.7 Å². The lowest BCUT2D eigenvalue weighted by Crippen LogP contribution is -2.00. The molecule has 60 valence electrons. The van der Waals surface area contributed by atoms with Gasteiger partial charge in [-0.15, -0.1) is 6.58 Å². The van der Waals surface area contributed by atoms with Gasteiger partial charge in [0.25, 0.3) is 0 Å². The summed E-state index contributed by atoms with van der Waals surface area (Å²) in [6.45, 7) is 7.50. The standard InChI is InChI=1S/C11H16/c1-3-5-7-11-9-6-8-10(11)4-2/h3-5,7,10-11H,1-2,6,8-9H2. The fourth-order valence-electron chi connectivity index (χ4n) is 1.77. The third kappa shape index (κ3) is 2.07. The van der Waals surface area contributed by atoms with Crippen LogP contribution >= 0.6 is 0 Å². The lowest BCUT2D eigenvalue weighted by atomic mass is 9.96. The molecule has 2 atom stereocenters. The molecule has 0 saturated heterocycles. The molecule has 1 fully saturated rings. The van der Waals surface area contributed by atoms with E-state index in [0.717, 1.165) is 5.92 Å². The molecule has 0 nitrogen and oxygen atoms in total. The van der Waals surface area contributed by atoms with E-state index < -0.39 is 0 Å². The average Bonchev–Trinajstić information content (AvgIpc) is 2.47. The zero-order valence-corrected chi connectivity index (χ0v) is 7.00. The molecule has 0 heteroatoms. The Morgan fingerprint density at radius 3 is 2.45 bits per heavy atom. The molecule has 1 rings (SSSR count). The number of rotatable bonds is 3. The third-order valence-electron chi connectivity index (χ3n) is 2.42. The van der Waals surface area contributed by atoms with Gasteiger partial charge in [0.1, 0.15) is 0 Å². The van der Waals surface area contributed by atoms with Gasteiger partial charge in [0.2, 0.25) is 0 Å². The van der Waals surface area contributed by atoms with Crippen LogP contribution < -0.4 is 0 Å². The van der Waals surface area contributed by atoms with E-state index in [2.05, 4.69) is 25.3 Å². The predicted octanol–water partition coefficient (Wildman–Crippen LogP) is 3.33. The summed E-state index contributed by atoms with van der Waals surface area (Å²) < 4.78 is 0. The highest BCUT2D eigenvalue weighted by Crippen LogP contribution is 2.33. The van der Waals surface area contributed by atoms with E-state index in [1.54, 1.807) is 0 Å². The van der Waals surface area contributed by atoms with Crippen LogP contribution in [-0.4, -0.2) is 0 Å². The van der Waals surface area contributed by atoms with Crippen molar-refractivity contribution < 1.29 is 0 Å². The first kappa shape index (κ1) is 8.32. The highest BCUT2D eigenvalue weighted by molar-refractivity contribution is 5.05. The predicted molar refractivity (Wildman–Crippen MR) is 50.4 cm³/mol. The number of hydrogen-bond donors (Lipinski definition) is 0. The molecule has 0 spiro atoms. The Morgan fingerprint density at radius 1 is 1.09 bits per heavy atom. The molecule has 0 radical (unpaired) electrons. The van der Waals surface area contributed by atoms with Crippen LogP contribution in [0.1, 0.15) is 19.3 Å². The molecule has 0 aliphatic heterocycles. The average molecular weight is 148 g/mol. The van der Waals surface area contributed by atoms with Crippen LogP contribution in [0.4, 0.5) is 0 Å². The van der Waals surface area contributed by atoms with Crippen LogP contribution in [0.2, 0.25) is 0 Å². The topological polar surface area (TPSA) is 0 Å². The maximum atomic E-state index is 3.84. The summed E-state index contributed by atoms with van der Waals surface area (Å²) in [7, 11) is 0. The number of allylic oxidation sites excluding steroid dienone is 4. The van der Waals surface area contributed by atoms with E-state index in [1.807, 2.05) is 12.2 Å². The SMILES string of the molecule is C=CC=CC1CCCC1C=C. The van der Waals surface area contributed by atoms with Crippen molar-refractivity contribution in [3.05, 3.63) is 37.5 Å². The zero-order chi connectivity index (χ0) is 8.10. The van der Waals surface area contributed by atoms with E-state index in [-0.39, 0.29) is 0 Å². The van der Waals surface area contributed by atoms with Crippen molar-refractivity contribution in [3.63, 3.8) is 0 Å². The Kier molecular flexibility index (Phi) is 3.15. The Bertz CT molecular complexity index is 165. The second-order valence-corrected chi connectivity index (χ2v) is 3.11. The molecular formula is C11H16. The first-order chi connectivity index (χ1) is 5.38. The van der Waals surface area contributed by atoms with Crippen molar-refractivity contribution in [1.82, 2.24) is 0 Å². The fraction of sp³-hybridized carbons (Fsp3) is 0.455. The van der Waals surface area contributed by atoms with Crippen molar-refractivity contribution in [2.45, 2.75) is 19.3 Å². The minimum Gasteiger partial charge on any atom is -0.103 e. The Labute approximate surface area is 69.3 Å². The maximum Gasteiger partial charge on any atom is -0.0167 e. The molecule has 1 saturated carbocycles. The van der Waals surface area contributed by atoms with Crippen molar-refractivity contribution in [2.24, 2.45) is 11.8 Å². The van der Waals surface area contributed by atoms with E-state index in [1.165, 1.54) is 19.3 Å². The molecule has 0 N–H and O–H groups in total. The van der Waals surface area contributed by atoms with Gasteiger partial charge in [0.15, 0.2) is 0 Å². The van der Waals surface area contributed by atoms with E-state index >= 15 is 0 Å². The quantitative estimate of drug-likeness (QED) is 0.425. The largest absolute Gasteiger partial charge is 0.103 e. The normalized spacial score (nSPS) is 30.9. The molecule has 0 aromatic heterocycles. The summed E-state index contributed by atoms with van der Waals surface area (Å²) in [5.41, 5.74) is 0. The molecule has 11 heavy (non-hydrogen) atoms. The summed E-state index contributed by atoms with van der Waals surface area (Å²) in [6.07, 6.45) is 12.2. The lowest BCUT2D eigenvalue weighted by Gasteiger charge is -2.09. The lowest BCUT2D eigenvalue weighted by molar-refractivity contribution is 0.559. The molecule has 0 aromatic carbocycles. The van der Waals surface area contributed by atoms with Crippen LogP contribution in [0.3, 0.4) is 0 Å². The van der Waals surface area contributed by atoms with Crippen LogP contribution in [-0.2, 0) is 0 Å². The minimum absolute atomic E-state index is 0.714. The van der Waals surface area contributed by atoms with Gasteiger partial charge in [-0.2, -0.15) is 0 Å². The summed E-state index contributed by atoms with van der Waals surface area (Å²) in [4.78, 5) is 0. The molecule has 2 unspecified atom stereocenters. The first-order valence-electron chi connectivity index (χ1n) is 4.30. The minimum atomic E-state index is 0.714. The summed E-state index contributed by atoms with van der Waals surface area (Å²) in [5, 5.41) is 0. The fourth-order valence-corrected chi connectivity index (χ4v) is 1.77. The second kappa shape index (κ2) is 4.17. The van der Waals surface area contributed by atoms with Gasteiger partial charge >= 0.3 is 0 Å². The van der Waals surface area contributed by atoms with Crippen LogP contribution in [0.25, 0.3) is 0 Å². The molecular weight excluding hydrogens is 132 g/mol. The van der Waals surface area contributed by atoms with Gasteiger partial charge in [0, 0.05) is 0 Å². The second-order valence-electron chi connectivity index (χ2n) is 3.11. The number of hydrogen-bond acceptors (Lipinski definition) is 0. The zero-order valence-electron chi connectivity index (χ0n) is 7.00. The first-order valence-corrected chi connectivity index (χ1v) is 4.30. The van der Waals surface area contributed by atoms with Crippen molar-refractivity contribution >= 4 is 0 Å². The molecule has 0 aromatic rings. The van der Waals surface area contributed by atoms with Gasteiger partial charge in [-0.25, -0.2) is 0 Å². The van der Waals surface area contributed by atoms with Crippen molar-refractivity contribution in [3.8, 4) is 0 Å². The van der Waals surface area contributed by atoms with Crippen LogP contribution in [0.5, 0.6) is 0 Å². The third-order valence-corrected chi connectivity index (χ3v) is 2.42. The van der Waals surface area contributed by atoms with E-state index in [9.17, 15) is 0 Å². The molecule has 1 aliphatic carbocycles. The molecule has 0 bridgehead atoms.